The van der Waals surface area contributed by atoms with Gasteiger partial charge in [0, 0.05) is 13.6 Å². The van der Waals surface area contributed by atoms with Gasteiger partial charge in [0.15, 0.2) is 5.65 Å². The van der Waals surface area contributed by atoms with Crippen LogP contribution in [0, 0.1) is 0 Å². The summed E-state index contributed by atoms with van der Waals surface area (Å²) >= 11 is 0. The van der Waals surface area contributed by atoms with Crippen LogP contribution in [0.5, 0.6) is 0 Å². The molecule has 1 atom stereocenters. The number of nitrogens with one attached hydrogen (secondary N) is 3. The Balaban J connectivity index is 2.22. The number of anilines is 2. The van der Waals surface area contributed by atoms with Crippen molar-refractivity contribution in [3.05, 3.63) is 6.20 Å². The van der Waals surface area contributed by atoms with Gasteiger partial charge in [0.1, 0.15) is 5.82 Å². The van der Waals surface area contributed by atoms with E-state index in [1.165, 1.54) is 0 Å². The quantitative estimate of drug-likeness (QED) is 0.629. The monoisotopic (exact) mass is 264 g/mol. The van der Waals surface area contributed by atoms with Gasteiger partial charge in [-0.05, 0) is 13.3 Å². The maximum Gasteiger partial charge on any atom is 0.226 e. The summed E-state index contributed by atoms with van der Waals surface area (Å²) in [6, 6.07) is 0. The summed E-state index contributed by atoms with van der Waals surface area (Å²) in [6.07, 6.45) is 3.34. The molecule has 0 aromatic carbocycles. The van der Waals surface area contributed by atoms with Crippen LogP contribution in [0.15, 0.2) is 6.20 Å². The highest BCUT2D eigenvalue weighted by molar-refractivity contribution is 5.86. The van der Waals surface area contributed by atoms with E-state index in [0.717, 1.165) is 18.2 Å². The Morgan fingerprint density at radius 1 is 1.42 bits per heavy atom. The molecular formula is C12H20N6O. The Morgan fingerprint density at radius 2 is 2.21 bits per heavy atom. The molecule has 2 rings (SSSR count). The van der Waals surface area contributed by atoms with Gasteiger partial charge in [0.2, 0.25) is 5.95 Å². The molecule has 2 aromatic heterocycles. The van der Waals surface area contributed by atoms with Crippen molar-refractivity contribution in [2.24, 2.45) is 0 Å². The molecule has 0 spiro atoms. The van der Waals surface area contributed by atoms with Crippen LogP contribution in [0.25, 0.3) is 11.0 Å². The predicted octanol–water partition coefficient (Wildman–Crippen LogP) is 1.36. The predicted molar refractivity (Wildman–Crippen MR) is 75.3 cm³/mol. The summed E-state index contributed by atoms with van der Waals surface area (Å²) in [4.78, 5) is 8.60. The molecule has 0 amide bonds. The second-order valence-corrected chi connectivity index (χ2v) is 4.88. The van der Waals surface area contributed by atoms with Crippen molar-refractivity contribution in [1.29, 1.82) is 0 Å². The SMILES string of the molecule is CCCC(C)(O)CNc1nc(NC)nc2[nH]ncc12. The van der Waals surface area contributed by atoms with E-state index in [9.17, 15) is 5.11 Å². The molecule has 0 aliphatic heterocycles. The minimum atomic E-state index is -0.754. The van der Waals surface area contributed by atoms with Crippen LogP contribution in [-0.2, 0) is 0 Å². The lowest BCUT2D eigenvalue weighted by molar-refractivity contribution is 0.0636. The van der Waals surface area contributed by atoms with Crippen molar-refractivity contribution >= 4 is 22.8 Å². The Bertz CT molecular complexity index is 550. The number of hydrogen-bond acceptors (Lipinski definition) is 6. The molecular weight excluding hydrogens is 244 g/mol. The van der Waals surface area contributed by atoms with Crippen molar-refractivity contribution in [3.63, 3.8) is 0 Å². The van der Waals surface area contributed by atoms with E-state index in [-0.39, 0.29) is 0 Å². The van der Waals surface area contributed by atoms with Gasteiger partial charge in [-0.1, -0.05) is 13.3 Å². The first-order valence-electron chi connectivity index (χ1n) is 6.41. The highest BCUT2D eigenvalue weighted by atomic mass is 16.3. The number of aromatic nitrogens is 4. The first-order valence-corrected chi connectivity index (χ1v) is 6.41. The lowest BCUT2D eigenvalue weighted by Gasteiger charge is -2.23. The van der Waals surface area contributed by atoms with E-state index in [1.54, 1.807) is 13.2 Å². The summed E-state index contributed by atoms with van der Waals surface area (Å²) in [6.45, 7) is 4.30. The normalized spacial score (nSPS) is 14.3. The molecule has 7 nitrogen and oxygen atoms in total. The Morgan fingerprint density at radius 3 is 2.89 bits per heavy atom. The van der Waals surface area contributed by atoms with Gasteiger partial charge in [0.05, 0.1) is 17.2 Å². The molecule has 0 saturated heterocycles. The highest BCUT2D eigenvalue weighted by Crippen LogP contribution is 2.21. The summed E-state index contributed by atoms with van der Waals surface area (Å²) in [5.41, 5.74) is -0.0905. The van der Waals surface area contributed by atoms with Crippen molar-refractivity contribution < 1.29 is 5.11 Å². The molecule has 7 heteroatoms. The molecule has 104 valence electrons. The zero-order valence-corrected chi connectivity index (χ0v) is 11.5. The van der Waals surface area contributed by atoms with Gasteiger partial charge < -0.3 is 15.7 Å². The van der Waals surface area contributed by atoms with Gasteiger partial charge in [-0.2, -0.15) is 15.1 Å². The topological polar surface area (TPSA) is 98.7 Å². The number of H-pyrrole nitrogens is 1. The number of aromatic amines is 1. The van der Waals surface area contributed by atoms with Crippen molar-refractivity contribution in [2.75, 3.05) is 24.2 Å². The summed E-state index contributed by atoms with van der Waals surface area (Å²) in [5, 5.41) is 23.8. The van der Waals surface area contributed by atoms with E-state index >= 15 is 0 Å². The molecule has 0 fully saturated rings. The van der Waals surface area contributed by atoms with Crippen LogP contribution in [0.3, 0.4) is 0 Å². The smallest absolute Gasteiger partial charge is 0.226 e. The Kier molecular flexibility index (Phi) is 3.84. The van der Waals surface area contributed by atoms with Crippen LogP contribution >= 0.6 is 0 Å². The second kappa shape index (κ2) is 5.40. The van der Waals surface area contributed by atoms with E-state index in [1.807, 2.05) is 13.8 Å². The minimum absolute atomic E-state index is 0.432. The Labute approximate surface area is 111 Å². The third-order valence-electron chi connectivity index (χ3n) is 2.96. The summed E-state index contributed by atoms with van der Waals surface area (Å²) in [5.74, 6) is 1.17. The Hall–Kier alpha value is -1.89. The maximum absolute atomic E-state index is 10.2. The van der Waals surface area contributed by atoms with Crippen LogP contribution in [0.4, 0.5) is 11.8 Å². The van der Waals surface area contributed by atoms with Crippen molar-refractivity contribution in [1.82, 2.24) is 20.2 Å². The van der Waals surface area contributed by atoms with Crippen LogP contribution in [0.1, 0.15) is 26.7 Å². The van der Waals surface area contributed by atoms with Gasteiger partial charge in [0.25, 0.3) is 0 Å². The standard InChI is InChI=1S/C12H20N6O/c1-4-5-12(2,19)7-14-9-8-6-15-18-10(8)17-11(13-3)16-9/h6,19H,4-5,7H2,1-3H3,(H3,13,14,15,16,17,18). The van der Waals surface area contributed by atoms with E-state index in [2.05, 4.69) is 30.8 Å². The molecule has 0 bridgehead atoms. The average Bonchev–Trinajstić information content (AvgIpc) is 2.83. The minimum Gasteiger partial charge on any atom is -0.388 e. The highest BCUT2D eigenvalue weighted by Gasteiger charge is 2.20. The fourth-order valence-corrected chi connectivity index (χ4v) is 1.98. The summed E-state index contributed by atoms with van der Waals surface area (Å²) < 4.78 is 0. The molecule has 2 heterocycles. The van der Waals surface area contributed by atoms with E-state index < -0.39 is 5.60 Å². The first-order chi connectivity index (χ1) is 9.05. The largest absolute Gasteiger partial charge is 0.388 e. The van der Waals surface area contributed by atoms with Gasteiger partial charge in [-0.25, -0.2) is 0 Å². The van der Waals surface area contributed by atoms with Crippen LogP contribution in [0.2, 0.25) is 0 Å². The maximum atomic E-state index is 10.2. The van der Waals surface area contributed by atoms with E-state index in [0.29, 0.717) is 24.0 Å². The molecule has 1 unspecified atom stereocenters. The van der Waals surface area contributed by atoms with Crippen molar-refractivity contribution in [2.45, 2.75) is 32.3 Å². The number of rotatable bonds is 6. The molecule has 0 saturated carbocycles. The molecule has 0 aliphatic rings. The summed E-state index contributed by atoms with van der Waals surface area (Å²) in [7, 11) is 1.76. The van der Waals surface area contributed by atoms with Crippen LogP contribution < -0.4 is 10.6 Å². The van der Waals surface area contributed by atoms with Gasteiger partial charge in [-0.15, -0.1) is 0 Å². The number of fused-ring (bicyclic) bond motifs is 1. The molecule has 4 N–H and O–H groups in total. The first kappa shape index (κ1) is 13.5. The number of hydrogen-bond donors (Lipinski definition) is 4. The second-order valence-electron chi connectivity index (χ2n) is 4.88. The van der Waals surface area contributed by atoms with Gasteiger partial charge >= 0.3 is 0 Å². The lowest BCUT2D eigenvalue weighted by Crippen LogP contribution is -2.33. The zero-order valence-electron chi connectivity index (χ0n) is 11.5. The van der Waals surface area contributed by atoms with E-state index in [4.69, 9.17) is 0 Å². The molecule has 2 aromatic rings. The third-order valence-corrected chi connectivity index (χ3v) is 2.96. The van der Waals surface area contributed by atoms with Gasteiger partial charge in [-0.3, -0.25) is 5.10 Å². The average molecular weight is 264 g/mol. The van der Waals surface area contributed by atoms with Crippen LogP contribution in [-0.4, -0.2) is 44.5 Å². The molecule has 0 aliphatic carbocycles. The molecule has 19 heavy (non-hydrogen) atoms. The fraction of sp³-hybridized carbons (Fsp3) is 0.583. The third kappa shape index (κ3) is 3.11. The lowest BCUT2D eigenvalue weighted by atomic mass is 10.0. The fourth-order valence-electron chi connectivity index (χ4n) is 1.98. The van der Waals surface area contributed by atoms with Crippen molar-refractivity contribution in [3.8, 4) is 0 Å². The number of aliphatic hydroxyl groups is 1. The zero-order chi connectivity index (χ0) is 13.9. The molecule has 0 radical (unpaired) electrons. The number of nitrogens with zero attached hydrogens (tertiary/aromatic N) is 3.